The summed E-state index contributed by atoms with van der Waals surface area (Å²) in [6.07, 6.45) is 0. The van der Waals surface area contributed by atoms with Crippen molar-refractivity contribution >= 4 is 28.9 Å². The first kappa shape index (κ1) is 19.1. The van der Waals surface area contributed by atoms with Gasteiger partial charge in [0.05, 0.1) is 17.3 Å². The van der Waals surface area contributed by atoms with Crippen molar-refractivity contribution < 1.29 is 4.79 Å². The van der Waals surface area contributed by atoms with Crippen LogP contribution in [0.3, 0.4) is 0 Å². The summed E-state index contributed by atoms with van der Waals surface area (Å²) >= 11 is 5.73. The average molecular weight is 380 g/mol. The van der Waals surface area contributed by atoms with Gasteiger partial charge in [0.15, 0.2) is 5.11 Å². The molecule has 0 aromatic heterocycles. The molecule has 0 fully saturated rings. The second-order valence-corrected chi connectivity index (χ2v) is 7.50. The molecule has 0 spiro atoms. The molecule has 1 amide bonds. The summed E-state index contributed by atoms with van der Waals surface area (Å²) < 4.78 is 0. The summed E-state index contributed by atoms with van der Waals surface area (Å²) in [7, 11) is 3.56. The number of carbonyl (C=O) groups excluding carboxylic acids is 1. The summed E-state index contributed by atoms with van der Waals surface area (Å²) in [5.74, 6) is -0.0216. The zero-order valence-corrected chi connectivity index (χ0v) is 17.2. The quantitative estimate of drug-likeness (QED) is 0.815. The molecule has 0 aliphatic carbocycles. The van der Waals surface area contributed by atoms with Gasteiger partial charge in [0, 0.05) is 19.8 Å². The number of hydrogen-bond acceptors (Lipinski definition) is 2. The highest BCUT2D eigenvalue weighted by Gasteiger charge is 2.35. The molecule has 0 saturated heterocycles. The molecule has 1 aliphatic heterocycles. The Bertz CT molecular complexity index is 918. The number of likely N-dealkylation sites (N-methyl/N-ethyl adjacent to an activating group) is 1. The number of amides is 1. The molecule has 0 radical (unpaired) electrons. The highest BCUT2D eigenvalue weighted by atomic mass is 32.1. The Morgan fingerprint density at radius 1 is 1.07 bits per heavy atom. The molecule has 1 heterocycles. The molecule has 1 unspecified atom stereocenters. The van der Waals surface area contributed by atoms with E-state index in [9.17, 15) is 4.79 Å². The monoisotopic (exact) mass is 379 g/mol. The molecule has 0 bridgehead atoms. The lowest BCUT2D eigenvalue weighted by atomic mass is 9.93. The van der Waals surface area contributed by atoms with E-state index >= 15 is 0 Å². The van der Waals surface area contributed by atoms with Gasteiger partial charge in [-0.2, -0.15) is 0 Å². The number of allylic oxidation sites excluding steroid dienone is 1. The van der Waals surface area contributed by atoms with E-state index in [0.29, 0.717) is 10.7 Å². The fourth-order valence-electron chi connectivity index (χ4n) is 3.41. The van der Waals surface area contributed by atoms with E-state index in [4.69, 9.17) is 12.2 Å². The number of benzene rings is 2. The van der Waals surface area contributed by atoms with E-state index in [1.54, 1.807) is 19.0 Å². The van der Waals surface area contributed by atoms with Crippen LogP contribution in [0, 0.1) is 13.8 Å². The number of carbonyl (C=O) groups is 1. The highest BCUT2D eigenvalue weighted by molar-refractivity contribution is 7.80. The second-order valence-electron chi connectivity index (χ2n) is 7.12. The van der Waals surface area contributed by atoms with Gasteiger partial charge in [-0.1, -0.05) is 42.5 Å². The Labute approximate surface area is 166 Å². The molecule has 0 saturated carbocycles. The van der Waals surface area contributed by atoms with Crippen molar-refractivity contribution in [3.8, 4) is 0 Å². The first-order chi connectivity index (χ1) is 12.8. The third-order valence-corrected chi connectivity index (χ3v) is 5.16. The van der Waals surface area contributed by atoms with E-state index in [1.807, 2.05) is 42.2 Å². The zero-order chi connectivity index (χ0) is 19.7. The van der Waals surface area contributed by atoms with Crippen LogP contribution >= 0.6 is 12.2 Å². The molecule has 4 nitrogen and oxygen atoms in total. The lowest BCUT2D eigenvalue weighted by Crippen LogP contribution is -2.49. The number of nitrogens with one attached hydrogen (secondary N) is 1. The fraction of sp³-hybridized carbons (Fsp3) is 0.273. The Kier molecular flexibility index (Phi) is 5.33. The molecule has 140 valence electrons. The van der Waals surface area contributed by atoms with Crippen LogP contribution in [0.4, 0.5) is 5.69 Å². The predicted molar refractivity (Wildman–Crippen MR) is 115 cm³/mol. The van der Waals surface area contributed by atoms with Gasteiger partial charge in [-0.15, -0.1) is 0 Å². The van der Waals surface area contributed by atoms with Crippen molar-refractivity contribution in [1.29, 1.82) is 0 Å². The Balaban J connectivity index is 2.20. The lowest BCUT2D eigenvalue weighted by Gasteiger charge is -2.39. The smallest absolute Gasteiger partial charge is 0.253 e. The van der Waals surface area contributed by atoms with Gasteiger partial charge < -0.3 is 10.2 Å². The highest BCUT2D eigenvalue weighted by Crippen LogP contribution is 2.35. The van der Waals surface area contributed by atoms with Crippen molar-refractivity contribution in [2.45, 2.75) is 26.8 Å². The number of thiocarbonyl (C=S) groups is 1. The normalized spacial score (nSPS) is 17.0. The largest absolute Gasteiger partial charge is 0.351 e. The van der Waals surface area contributed by atoms with Gasteiger partial charge in [0.2, 0.25) is 0 Å². The number of nitrogens with zero attached hydrogens (tertiary/aromatic N) is 2. The zero-order valence-electron chi connectivity index (χ0n) is 16.4. The van der Waals surface area contributed by atoms with Crippen LogP contribution in [-0.4, -0.2) is 30.0 Å². The standard InChI is InChI=1S/C22H25N3OS/c1-14-11-12-15(2)18(13-14)25-16(3)19(21(26)24(4)5)20(23-22(25)27)17-9-7-6-8-10-17/h6-13,20H,1-5H3,(H,23,27). The maximum Gasteiger partial charge on any atom is 0.253 e. The average Bonchev–Trinajstić information content (AvgIpc) is 2.64. The number of aryl methyl sites for hydroxylation is 2. The first-order valence-electron chi connectivity index (χ1n) is 8.96. The topological polar surface area (TPSA) is 35.6 Å². The van der Waals surface area contributed by atoms with Crippen LogP contribution in [0.5, 0.6) is 0 Å². The summed E-state index contributed by atoms with van der Waals surface area (Å²) in [5, 5.41) is 4.00. The maximum absolute atomic E-state index is 13.1. The van der Waals surface area contributed by atoms with E-state index in [1.165, 1.54) is 0 Å². The van der Waals surface area contributed by atoms with Crippen molar-refractivity contribution in [2.24, 2.45) is 0 Å². The molecule has 5 heteroatoms. The fourth-order valence-corrected chi connectivity index (χ4v) is 3.76. The van der Waals surface area contributed by atoms with E-state index in [0.717, 1.165) is 28.1 Å². The number of rotatable bonds is 3. The molecular formula is C22H25N3OS. The van der Waals surface area contributed by atoms with Crippen molar-refractivity contribution in [3.05, 3.63) is 76.5 Å². The van der Waals surface area contributed by atoms with Crippen molar-refractivity contribution in [3.63, 3.8) is 0 Å². The third kappa shape index (κ3) is 3.60. The SMILES string of the molecule is CC1=C(C(=O)N(C)C)C(c2ccccc2)NC(=S)N1c1cc(C)ccc1C. The number of hydrogen-bond donors (Lipinski definition) is 1. The molecule has 3 rings (SSSR count). The minimum atomic E-state index is -0.269. The van der Waals surface area contributed by atoms with Crippen molar-refractivity contribution in [2.75, 3.05) is 19.0 Å². The Morgan fingerprint density at radius 3 is 2.37 bits per heavy atom. The van der Waals surface area contributed by atoms with Gasteiger partial charge in [-0.3, -0.25) is 9.69 Å². The molecule has 1 atom stereocenters. The summed E-state index contributed by atoms with van der Waals surface area (Å²) in [6.45, 7) is 6.09. The van der Waals surface area contributed by atoms with Gasteiger partial charge >= 0.3 is 0 Å². The molecule has 2 aromatic rings. The van der Waals surface area contributed by atoms with E-state index in [-0.39, 0.29) is 11.9 Å². The van der Waals surface area contributed by atoms with Gasteiger partial charge in [-0.05, 0) is 55.7 Å². The summed E-state index contributed by atoms with van der Waals surface area (Å²) in [6, 6.07) is 16.0. The maximum atomic E-state index is 13.1. The molecule has 1 aliphatic rings. The number of anilines is 1. The second kappa shape index (κ2) is 7.53. The van der Waals surface area contributed by atoms with Crippen LogP contribution in [-0.2, 0) is 4.79 Å². The predicted octanol–water partition coefficient (Wildman–Crippen LogP) is 4.10. The Morgan fingerprint density at radius 2 is 1.74 bits per heavy atom. The molecular weight excluding hydrogens is 354 g/mol. The third-order valence-electron chi connectivity index (χ3n) is 4.86. The molecule has 27 heavy (non-hydrogen) atoms. The van der Waals surface area contributed by atoms with Crippen LogP contribution < -0.4 is 10.2 Å². The Hall–Kier alpha value is -2.66. The van der Waals surface area contributed by atoms with Crippen LogP contribution in [0.2, 0.25) is 0 Å². The van der Waals surface area contributed by atoms with Crippen molar-refractivity contribution in [1.82, 2.24) is 10.2 Å². The van der Waals surface area contributed by atoms with Gasteiger partial charge in [-0.25, -0.2) is 0 Å². The van der Waals surface area contributed by atoms with Crippen LogP contribution in [0.15, 0.2) is 59.8 Å². The van der Waals surface area contributed by atoms with Gasteiger partial charge in [0.25, 0.3) is 5.91 Å². The minimum Gasteiger partial charge on any atom is -0.351 e. The summed E-state index contributed by atoms with van der Waals surface area (Å²) in [4.78, 5) is 16.7. The van der Waals surface area contributed by atoms with E-state index in [2.05, 4.69) is 37.4 Å². The molecule has 2 aromatic carbocycles. The van der Waals surface area contributed by atoms with Gasteiger partial charge in [0.1, 0.15) is 0 Å². The minimum absolute atomic E-state index is 0.0216. The lowest BCUT2D eigenvalue weighted by molar-refractivity contribution is -0.125. The molecule has 1 N–H and O–H groups in total. The van der Waals surface area contributed by atoms with Crippen LogP contribution in [0.25, 0.3) is 0 Å². The van der Waals surface area contributed by atoms with Crippen LogP contribution in [0.1, 0.15) is 29.7 Å². The summed E-state index contributed by atoms with van der Waals surface area (Å²) in [5.41, 5.74) is 5.85. The van der Waals surface area contributed by atoms with E-state index < -0.39 is 0 Å². The first-order valence-corrected chi connectivity index (χ1v) is 9.37.